The lowest BCUT2D eigenvalue weighted by molar-refractivity contribution is 1.10. The van der Waals surface area contributed by atoms with E-state index in [1.54, 1.807) is 11.3 Å². The predicted octanol–water partition coefficient (Wildman–Crippen LogP) is 14.8. The average Bonchev–Trinajstić information content (AvgIpc) is 3.88. The highest BCUT2D eigenvalue weighted by Crippen LogP contribution is 2.53. The van der Waals surface area contributed by atoms with E-state index >= 15 is 0 Å². The van der Waals surface area contributed by atoms with Crippen molar-refractivity contribution >= 4 is 90.2 Å². The molecule has 0 fully saturated rings. The number of para-hydroxylation sites is 5. The van der Waals surface area contributed by atoms with Crippen molar-refractivity contribution in [1.82, 2.24) is 14.5 Å². The molecule has 0 radical (unpaired) electrons. The van der Waals surface area contributed by atoms with Gasteiger partial charge < -0.3 is 9.80 Å². The number of benzene rings is 8. The van der Waals surface area contributed by atoms with Gasteiger partial charge in [-0.25, -0.2) is 9.97 Å². The zero-order valence-electron chi connectivity index (χ0n) is 30.9. The Bertz CT molecular complexity index is 3100. The molecule has 0 saturated carbocycles. The maximum Gasteiger partial charge on any atom is 0.145 e. The zero-order valence-corrected chi connectivity index (χ0v) is 33.3. The first-order chi connectivity index (χ1) is 28.7. The number of nitrogens with zero attached hydrogens (tertiary/aromatic N) is 5. The van der Waals surface area contributed by atoms with Crippen molar-refractivity contribution in [1.29, 1.82) is 0 Å². The van der Waals surface area contributed by atoms with Crippen LogP contribution in [0.1, 0.15) is 0 Å². The molecule has 5 nitrogen and oxygen atoms in total. The number of imidazole rings is 1. The van der Waals surface area contributed by atoms with Gasteiger partial charge >= 0.3 is 0 Å². The van der Waals surface area contributed by atoms with Crippen molar-refractivity contribution in [2.45, 2.75) is 19.6 Å². The minimum atomic E-state index is 0.899. The van der Waals surface area contributed by atoms with E-state index in [0.717, 1.165) is 60.3 Å². The van der Waals surface area contributed by atoms with E-state index in [4.69, 9.17) is 9.97 Å². The van der Waals surface area contributed by atoms with Gasteiger partial charge in [-0.05, 0) is 121 Å². The highest BCUT2D eigenvalue weighted by Gasteiger charge is 2.26. The van der Waals surface area contributed by atoms with Gasteiger partial charge in [0.1, 0.15) is 10.8 Å². The summed E-state index contributed by atoms with van der Waals surface area (Å²) in [6.45, 7) is 0. The van der Waals surface area contributed by atoms with Crippen molar-refractivity contribution in [2.75, 3.05) is 9.80 Å². The molecule has 10 aromatic rings. The minimum Gasteiger partial charge on any atom is -0.308 e. The second-order valence-corrected chi connectivity index (χ2v) is 17.5. The Morgan fingerprint density at radius 1 is 0.379 bits per heavy atom. The van der Waals surface area contributed by atoms with E-state index in [1.807, 2.05) is 23.5 Å². The van der Waals surface area contributed by atoms with Gasteiger partial charge in [-0.15, -0.1) is 11.3 Å². The van der Waals surface area contributed by atoms with Crippen LogP contribution in [0.4, 0.5) is 34.1 Å². The fourth-order valence-electron chi connectivity index (χ4n) is 8.13. The fraction of sp³-hybridized carbons (Fsp3) is 0. The van der Waals surface area contributed by atoms with Crippen LogP contribution in [0.5, 0.6) is 0 Å². The fourth-order valence-corrected chi connectivity index (χ4v) is 11.2. The summed E-state index contributed by atoms with van der Waals surface area (Å²) < 4.78 is 3.38. The molecule has 12 rings (SSSR count). The van der Waals surface area contributed by atoms with Crippen LogP contribution in [-0.4, -0.2) is 14.5 Å². The number of rotatable bonds is 5. The van der Waals surface area contributed by atoms with Gasteiger partial charge in [0.2, 0.25) is 0 Å². The van der Waals surface area contributed by atoms with Crippen LogP contribution < -0.4 is 9.80 Å². The van der Waals surface area contributed by atoms with Crippen molar-refractivity contribution in [2.24, 2.45) is 0 Å². The number of fused-ring (bicyclic) bond motifs is 6. The van der Waals surface area contributed by atoms with Gasteiger partial charge in [0.25, 0.3) is 0 Å². The van der Waals surface area contributed by atoms with Crippen LogP contribution >= 0.6 is 34.9 Å². The summed E-state index contributed by atoms with van der Waals surface area (Å²) in [6.07, 6.45) is 0. The average molecular weight is 798 g/mol. The summed E-state index contributed by atoms with van der Waals surface area (Å²) in [4.78, 5) is 20.3. The SMILES string of the molecule is c1ccc(-n2c(-c3ccc(N4c5ccccc5Sc5ccccc54)cc3)nc3cc4sc(-c5ccc(N6c7ccccc7Sc7ccccc76)cc5)nc4cc32)cc1. The molecule has 58 heavy (non-hydrogen) atoms. The summed E-state index contributed by atoms with van der Waals surface area (Å²) in [6, 6.07) is 67.1. The third-order valence-corrected chi connectivity index (χ3v) is 14.1. The molecule has 0 atom stereocenters. The van der Waals surface area contributed by atoms with Crippen molar-refractivity contribution in [3.8, 4) is 27.6 Å². The Labute approximate surface area is 347 Å². The second-order valence-electron chi connectivity index (χ2n) is 14.3. The monoisotopic (exact) mass is 797 g/mol. The first-order valence-electron chi connectivity index (χ1n) is 19.1. The number of anilines is 6. The molecule has 0 unspecified atom stereocenters. The summed E-state index contributed by atoms with van der Waals surface area (Å²) in [5.41, 5.74) is 13.2. The lowest BCUT2D eigenvalue weighted by Gasteiger charge is -2.32. The van der Waals surface area contributed by atoms with E-state index in [2.05, 4.69) is 202 Å². The van der Waals surface area contributed by atoms with Gasteiger partial charge in [-0.3, -0.25) is 4.57 Å². The second kappa shape index (κ2) is 13.5. The third-order valence-electron chi connectivity index (χ3n) is 10.8. The topological polar surface area (TPSA) is 37.2 Å². The van der Waals surface area contributed by atoms with Crippen LogP contribution in [0.3, 0.4) is 0 Å². The molecule has 2 aliphatic rings. The van der Waals surface area contributed by atoms with Gasteiger partial charge in [-0.1, -0.05) is 90.3 Å². The van der Waals surface area contributed by atoms with E-state index in [-0.39, 0.29) is 0 Å². The van der Waals surface area contributed by atoms with Crippen LogP contribution in [0.25, 0.3) is 48.9 Å². The van der Waals surface area contributed by atoms with Crippen LogP contribution in [-0.2, 0) is 0 Å². The summed E-state index contributed by atoms with van der Waals surface area (Å²) in [7, 11) is 0. The quantitative estimate of drug-likeness (QED) is 0.173. The van der Waals surface area contributed by atoms with Crippen LogP contribution in [0.15, 0.2) is 208 Å². The van der Waals surface area contributed by atoms with E-state index in [0.29, 0.717) is 0 Å². The molecule has 4 heterocycles. The normalized spacial score (nSPS) is 13.0. The highest BCUT2D eigenvalue weighted by atomic mass is 32.2. The maximum atomic E-state index is 5.32. The Morgan fingerprint density at radius 2 is 0.845 bits per heavy atom. The predicted molar refractivity (Wildman–Crippen MR) is 243 cm³/mol. The van der Waals surface area contributed by atoms with Gasteiger partial charge in [0.05, 0.1) is 44.0 Å². The molecule has 0 bridgehead atoms. The molecular formula is C50H31N5S3. The third kappa shape index (κ3) is 5.48. The molecular weight excluding hydrogens is 767 g/mol. The summed E-state index contributed by atoms with van der Waals surface area (Å²) in [5.74, 6) is 0.899. The molecule has 2 aromatic heterocycles. The van der Waals surface area contributed by atoms with Crippen molar-refractivity contribution in [3.05, 3.63) is 188 Å². The standard InChI is InChI=1S/C50H31N5S3/c1-2-12-34(13-3-1)55-43-30-38-48(58-50(52-38)33-24-28-36(29-25-33)54-41-16-6-10-20-46(41)57-47-21-11-7-17-42(47)54)31-37(43)51-49(55)32-22-26-35(27-23-32)53-39-14-4-8-18-44(39)56-45-19-9-5-15-40(45)53/h1-31H. The molecule has 8 aromatic carbocycles. The summed E-state index contributed by atoms with van der Waals surface area (Å²) in [5, 5.41) is 0.991. The Hall–Kier alpha value is -6.58. The Kier molecular flexibility index (Phi) is 7.82. The van der Waals surface area contributed by atoms with E-state index < -0.39 is 0 Å². The van der Waals surface area contributed by atoms with E-state index in [9.17, 15) is 0 Å². The largest absolute Gasteiger partial charge is 0.308 e. The molecule has 0 saturated heterocycles. The maximum absolute atomic E-state index is 5.32. The van der Waals surface area contributed by atoms with Gasteiger partial charge in [-0.2, -0.15) is 0 Å². The number of aromatic nitrogens is 3. The van der Waals surface area contributed by atoms with Crippen molar-refractivity contribution in [3.63, 3.8) is 0 Å². The van der Waals surface area contributed by atoms with Crippen LogP contribution in [0.2, 0.25) is 0 Å². The molecule has 0 spiro atoms. The first kappa shape index (κ1) is 33.5. The van der Waals surface area contributed by atoms with Gasteiger partial charge in [0, 0.05) is 47.8 Å². The van der Waals surface area contributed by atoms with Crippen molar-refractivity contribution < 1.29 is 0 Å². The number of hydrogen-bond acceptors (Lipinski definition) is 7. The Balaban J connectivity index is 0.915. The van der Waals surface area contributed by atoms with E-state index in [1.165, 1.54) is 42.3 Å². The lowest BCUT2D eigenvalue weighted by Crippen LogP contribution is -2.14. The smallest absolute Gasteiger partial charge is 0.145 e. The molecule has 0 aliphatic carbocycles. The molecule has 0 N–H and O–H groups in total. The van der Waals surface area contributed by atoms with Gasteiger partial charge in [0.15, 0.2) is 0 Å². The molecule has 8 heteroatoms. The minimum absolute atomic E-state index is 0.899. The zero-order chi connectivity index (χ0) is 38.2. The molecule has 0 amide bonds. The lowest BCUT2D eigenvalue weighted by atomic mass is 10.1. The van der Waals surface area contributed by atoms with Crippen LogP contribution in [0, 0.1) is 0 Å². The number of thiazole rings is 1. The Morgan fingerprint density at radius 3 is 1.36 bits per heavy atom. The number of hydrogen-bond donors (Lipinski definition) is 0. The highest BCUT2D eigenvalue weighted by molar-refractivity contribution is 8.00. The molecule has 2 aliphatic heterocycles. The summed E-state index contributed by atoms with van der Waals surface area (Å²) >= 11 is 5.36. The first-order valence-corrected chi connectivity index (χ1v) is 21.6. The molecule has 274 valence electrons.